The Bertz CT molecular complexity index is 23.4. The fourth-order valence-electron chi connectivity index (χ4n) is 0.443. The Morgan fingerprint density at radius 2 is 2.14 bits per heavy atom. The van der Waals surface area contributed by atoms with E-state index in [1.165, 1.54) is 23.7 Å². The van der Waals surface area contributed by atoms with E-state index in [9.17, 15) is 0 Å². The van der Waals surface area contributed by atoms with E-state index >= 15 is 0 Å². The van der Waals surface area contributed by atoms with Crippen LogP contribution in [0.4, 0.5) is 0 Å². The lowest BCUT2D eigenvalue weighted by Gasteiger charge is -1.89. The molecule has 0 spiro atoms. The monoisotopic (exact) mass is 211 g/mol. The highest BCUT2D eigenvalue weighted by Crippen LogP contribution is 1.99. The summed E-state index contributed by atoms with van der Waals surface area (Å²) in [5.41, 5.74) is 0. The molecule has 1 heteroatoms. The van der Waals surface area contributed by atoms with Crippen LogP contribution in [0.2, 0.25) is 0 Å². The minimum absolute atomic E-state index is 1.29. The average molecular weight is 211 g/mol. The predicted octanol–water partition coefficient (Wildman–Crippen LogP) is 2.82. The molecule has 7 heavy (non-hydrogen) atoms. The van der Waals surface area contributed by atoms with Gasteiger partial charge in [-0.2, -0.15) is 0 Å². The lowest BCUT2D eigenvalue weighted by Crippen LogP contribution is -1.74. The van der Waals surface area contributed by atoms with Crippen LogP contribution >= 0.6 is 22.6 Å². The van der Waals surface area contributed by atoms with Crippen molar-refractivity contribution < 1.29 is 0 Å². The van der Waals surface area contributed by atoms with Crippen molar-refractivity contribution in [3.05, 3.63) is 6.42 Å². The van der Waals surface area contributed by atoms with Gasteiger partial charge in [0.25, 0.3) is 0 Å². The molecule has 43 valence electrons. The number of rotatable bonds is 4. The Hall–Kier alpha value is 0.730. The maximum atomic E-state index is 2.41. The van der Waals surface area contributed by atoms with Gasteiger partial charge in [-0.05, 0) is 17.3 Å². The first kappa shape index (κ1) is 7.73. The van der Waals surface area contributed by atoms with Crippen LogP contribution in [0.1, 0.15) is 26.2 Å². The average Bonchev–Trinajstić information content (AvgIpc) is 1.69. The van der Waals surface area contributed by atoms with Gasteiger partial charge >= 0.3 is 0 Å². The van der Waals surface area contributed by atoms with Gasteiger partial charge in [0.05, 0.1) is 0 Å². The third kappa shape index (κ3) is 6.73. The van der Waals surface area contributed by atoms with Gasteiger partial charge in [-0.15, -0.1) is 0 Å². The first-order valence-electron chi connectivity index (χ1n) is 2.75. The van der Waals surface area contributed by atoms with Crippen LogP contribution in [0.5, 0.6) is 0 Å². The molecule has 0 heterocycles. The minimum atomic E-state index is 1.29. The molecule has 0 saturated carbocycles. The third-order valence-corrected chi connectivity index (χ3v) is 1.64. The van der Waals surface area contributed by atoms with Crippen LogP contribution < -0.4 is 0 Å². The summed E-state index contributed by atoms with van der Waals surface area (Å²) in [7, 11) is 0. The van der Waals surface area contributed by atoms with Crippen molar-refractivity contribution in [1.29, 1.82) is 0 Å². The molecule has 0 aliphatic carbocycles. The van der Waals surface area contributed by atoms with E-state index in [2.05, 4.69) is 35.9 Å². The molecule has 0 amide bonds. The summed E-state index contributed by atoms with van der Waals surface area (Å²) in [5, 5.41) is 0. The Morgan fingerprint density at radius 3 is 2.57 bits per heavy atom. The zero-order valence-corrected chi connectivity index (χ0v) is 6.94. The molecule has 0 fully saturated rings. The van der Waals surface area contributed by atoms with E-state index in [-0.39, 0.29) is 0 Å². The standard InChI is InChI=1S/C6H12I/c1-2-3-4-5-6-7/h2H,3-6H2,1H3. The summed E-state index contributed by atoms with van der Waals surface area (Å²) in [4.78, 5) is 0. The molecule has 0 nitrogen and oxygen atoms in total. The van der Waals surface area contributed by atoms with Crippen LogP contribution in [0.3, 0.4) is 0 Å². The fourth-order valence-corrected chi connectivity index (χ4v) is 0.982. The van der Waals surface area contributed by atoms with Crippen molar-refractivity contribution in [3.63, 3.8) is 0 Å². The minimum Gasteiger partial charge on any atom is -0.0864 e. The molecule has 1 radical (unpaired) electrons. The number of halogens is 1. The molecule has 0 aliphatic heterocycles. The van der Waals surface area contributed by atoms with Gasteiger partial charge in [0, 0.05) is 0 Å². The second-order valence-electron chi connectivity index (χ2n) is 1.59. The van der Waals surface area contributed by atoms with Gasteiger partial charge < -0.3 is 0 Å². The molecular weight excluding hydrogens is 199 g/mol. The van der Waals surface area contributed by atoms with Gasteiger partial charge in [0.15, 0.2) is 0 Å². The summed E-state index contributed by atoms with van der Waals surface area (Å²) in [6.07, 6.45) is 6.28. The Kier molecular flexibility index (Phi) is 7.43. The highest BCUT2D eigenvalue weighted by Gasteiger charge is 1.81. The van der Waals surface area contributed by atoms with Crippen molar-refractivity contribution in [1.82, 2.24) is 0 Å². The largest absolute Gasteiger partial charge is 0.0864 e. The van der Waals surface area contributed by atoms with Crippen LogP contribution in [0.25, 0.3) is 0 Å². The van der Waals surface area contributed by atoms with E-state index in [1.807, 2.05) is 0 Å². The zero-order chi connectivity index (χ0) is 5.54. The number of alkyl halides is 1. The second-order valence-corrected chi connectivity index (χ2v) is 2.67. The number of hydrogen-bond donors (Lipinski definition) is 0. The SMILES string of the molecule is C[CH]CCCCI. The maximum absolute atomic E-state index is 2.41. The van der Waals surface area contributed by atoms with E-state index < -0.39 is 0 Å². The summed E-state index contributed by atoms with van der Waals surface area (Å²) in [6, 6.07) is 0. The lowest BCUT2D eigenvalue weighted by atomic mass is 10.2. The molecule has 0 rings (SSSR count). The smallest absolute Gasteiger partial charge is 0.000473 e. The fraction of sp³-hybridized carbons (Fsp3) is 0.833. The van der Waals surface area contributed by atoms with Gasteiger partial charge in [-0.1, -0.05) is 42.4 Å². The van der Waals surface area contributed by atoms with Crippen LogP contribution in [-0.4, -0.2) is 4.43 Å². The first-order chi connectivity index (χ1) is 3.41. The van der Waals surface area contributed by atoms with E-state index in [4.69, 9.17) is 0 Å². The highest BCUT2D eigenvalue weighted by molar-refractivity contribution is 14.1. The van der Waals surface area contributed by atoms with Crippen LogP contribution in [0, 0.1) is 6.42 Å². The van der Waals surface area contributed by atoms with Gasteiger partial charge in [0.2, 0.25) is 0 Å². The predicted molar refractivity (Wildman–Crippen MR) is 42.7 cm³/mol. The molecule has 0 atom stereocenters. The summed E-state index contributed by atoms with van der Waals surface area (Å²) in [5.74, 6) is 0. The van der Waals surface area contributed by atoms with Gasteiger partial charge in [-0.3, -0.25) is 0 Å². The highest BCUT2D eigenvalue weighted by atomic mass is 127. The Morgan fingerprint density at radius 1 is 1.43 bits per heavy atom. The molecule has 0 aromatic carbocycles. The van der Waals surface area contributed by atoms with Gasteiger partial charge in [-0.25, -0.2) is 0 Å². The molecule has 0 saturated heterocycles. The third-order valence-electron chi connectivity index (χ3n) is 0.876. The Balaban J connectivity index is 2.45. The van der Waals surface area contributed by atoms with Crippen molar-refractivity contribution in [2.75, 3.05) is 4.43 Å². The van der Waals surface area contributed by atoms with Crippen molar-refractivity contribution >= 4 is 22.6 Å². The molecule has 0 aliphatic rings. The van der Waals surface area contributed by atoms with E-state index in [1.54, 1.807) is 0 Å². The van der Waals surface area contributed by atoms with Crippen molar-refractivity contribution in [2.45, 2.75) is 26.2 Å². The van der Waals surface area contributed by atoms with E-state index in [0.717, 1.165) is 0 Å². The van der Waals surface area contributed by atoms with E-state index in [0.29, 0.717) is 0 Å². The summed E-state index contributed by atoms with van der Waals surface area (Å²) >= 11 is 2.41. The van der Waals surface area contributed by atoms with Crippen molar-refractivity contribution in [2.24, 2.45) is 0 Å². The maximum Gasteiger partial charge on any atom is -0.000473 e. The summed E-state index contributed by atoms with van der Waals surface area (Å²) < 4.78 is 1.31. The molecule has 0 unspecified atom stereocenters. The topological polar surface area (TPSA) is 0 Å². The lowest BCUT2D eigenvalue weighted by molar-refractivity contribution is 0.797. The van der Waals surface area contributed by atoms with Crippen LogP contribution in [0.15, 0.2) is 0 Å². The summed E-state index contributed by atoms with van der Waals surface area (Å²) in [6.45, 7) is 2.12. The molecular formula is C6H12I. The van der Waals surface area contributed by atoms with Gasteiger partial charge in [0.1, 0.15) is 0 Å². The second kappa shape index (κ2) is 6.73. The molecule has 0 bridgehead atoms. The Labute approximate surface area is 59.8 Å². The number of unbranched alkanes of at least 4 members (excludes halogenated alkanes) is 3. The molecule has 0 aromatic rings. The first-order valence-corrected chi connectivity index (χ1v) is 4.28. The van der Waals surface area contributed by atoms with Crippen molar-refractivity contribution in [3.8, 4) is 0 Å². The quantitative estimate of drug-likeness (QED) is 0.381. The molecule has 0 N–H and O–H groups in total. The normalized spacial score (nSPS) is 9.43. The number of hydrogen-bond acceptors (Lipinski definition) is 0. The van der Waals surface area contributed by atoms with Crippen LogP contribution in [-0.2, 0) is 0 Å². The molecule has 0 aromatic heterocycles. The zero-order valence-electron chi connectivity index (χ0n) is 4.78.